The Morgan fingerprint density at radius 2 is 2.00 bits per heavy atom. The first-order chi connectivity index (χ1) is 10.1. The summed E-state index contributed by atoms with van der Waals surface area (Å²) < 4.78 is 5.43. The quantitative estimate of drug-likeness (QED) is 0.915. The van der Waals surface area contributed by atoms with Gasteiger partial charge >= 0.3 is 5.97 Å². The zero-order valence-corrected chi connectivity index (χ0v) is 11.8. The molecule has 1 atom stereocenters. The van der Waals surface area contributed by atoms with Gasteiger partial charge in [-0.25, -0.2) is 4.79 Å². The van der Waals surface area contributed by atoms with Crippen molar-refractivity contribution in [3.8, 4) is 0 Å². The van der Waals surface area contributed by atoms with Gasteiger partial charge < -0.3 is 14.7 Å². The van der Waals surface area contributed by atoms with Crippen molar-refractivity contribution in [2.45, 2.75) is 37.3 Å². The number of carbonyl (C=O) groups is 2. The number of carbonyl (C=O) groups excluding carboxylic acids is 1. The smallest absolute Gasteiger partial charge is 0.334 e. The summed E-state index contributed by atoms with van der Waals surface area (Å²) in [5.41, 5.74) is 0.688. The molecular weight excluding hydrogens is 270 g/mol. The van der Waals surface area contributed by atoms with E-state index >= 15 is 0 Å². The average Bonchev–Trinajstić information content (AvgIpc) is 2.45. The summed E-state index contributed by atoms with van der Waals surface area (Å²) in [4.78, 5) is 25.5. The topological polar surface area (TPSA) is 66.8 Å². The van der Waals surface area contributed by atoms with Crippen molar-refractivity contribution in [2.75, 3.05) is 13.2 Å². The molecule has 1 spiro atoms. The molecule has 2 aliphatic rings. The highest BCUT2D eigenvalue weighted by molar-refractivity contribution is 5.81. The maximum Gasteiger partial charge on any atom is 0.334 e. The number of benzene rings is 1. The number of hydrogen-bond acceptors (Lipinski definition) is 3. The second kappa shape index (κ2) is 5.48. The Bertz CT molecular complexity index is 538. The lowest BCUT2D eigenvalue weighted by atomic mass is 9.74. The maximum absolute atomic E-state index is 12.6. The Labute approximate surface area is 123 Å². The summed E-state index contributed by atoms with van der Waals surface area (Å²) in [5, 5.41) is 9.13. The molecule has 5 nitrogen and oxygen atoms in total. The van der Waals surface area contributed by atoms with Gasteiger partial charge in [-0.2, -0.15) is 0 Å². The van der Waals surface area contributed by atoms with E-state index < -0.39 is 12.1 Å². The number of hydrogen-bond donors (Lipinski definition) is 1. The van der Waals surface area contributed by atoms with E-state index in [0.29, 0.717) is 13.0 Å². The zero-order valence-electron chi connectivity index (χ0n) is 11.8. The van der Waals surface area contributed by atoms with Crippen molar-refractivity contribution in [1.29, 1.82) is 0 Å². The van der Waals surface area contributed by atoms with Crippen molar-refractivity contribution in [2.24, 2.45) is 0 Å². The summed E-state index contributed by atoms with van der Waals surface area (Å²) in [6.07, 6.45) is 2.28. The van der Waals surface area contributed by atoms with Gasteiger partial charge in [0.05, 0.1) is 25.1 Å². The first kappa shape index (κ1) is 14.1. The molecule has 0 aromatic heterocycles. The number of aliphatic carboxylic acids is 1. The summed E-state index contributed by atoms with van der Waals surface area (Å²) in [6.45, 7) is 0.492. The van der Waals surface area contributed by atoms with Crippen LogP contribution < -0.4 is 0 Å². The molecule has 1 aliphatic carbocycles. The van der Waals surface area contributed by atoms with Crippen LogP contribution in [0.3, 0.4) is 0 Å². The summed E-state index contributed by atoms with van der Waals surface area (Å²) in [6, 6.07) is 9.56. The predicted molar refractivity (Wildman–Crippen MR) is 75.8 cm³/mol. The number of ether oxygens (including phenoxy) is 1. The highest BCUT2D eigenvalue weighted by Crippen LogP contribution is 2.41. The van der Waals surface area contributed by atoms with Crippen LogP contribution in [0.1, 0.15) is 24.8 Å². The number of carboxylic acids is 1. The third kappa shape index (κ3) is 2.65. The normalized spacial score (nSPS) is 23.6. The van der Waals surface area contributed by atoms with E-state index in [1.165, 1.54) is 0 Å². The molecule has 3 rings (SSSR count). The van der Waals surface area contributed by atoms with Gasteiger partial charge in [0.2, 0.25) is 5.91 Å². The van der Waals surface area contributed by atoms with E-state index in [1.807, 2.05) is 30.3 Å². The molecule has 1 amide bonds. The molecule has 1 saturated carbocycles. The lowest BCUT2D eigenvalue weighted by Gasteiger charge is -2.53. The minimum absolute atomic E-state index is 0.00421. The lowest BCUT2D eigenvalue weighted by Crippen LogP contribution is -2.66. The Morgan fingerprint density at radius 1 is 1.29 bits per heavy atom. The van der Waals surface area contributed by atoms with Crippen LogP contribution in [0.25, 0.3) is 0 Å². The van der Waals surface area contributed by atoms with E-state index in [1.54, 1.807) is 4.90 Å². The second-order valence-electron chi connectivity index (χ2n) is 5.88. The predicted octanol–water partition coefficient (Wildman–Crippen LogP) is 1.46. The van der Waals surface area contributed by atoms with Gasteiger partial charge in [-0.3, -0.25) is 4.79 Å². The molecule has 1 heterocycles. The molecule has 21 heavy (non-hydrogen) atoms. The van der Waals surface area contributed by atoms with Crippen LogP contribution >= 0.6 is 0 Å². The second-order valence-corrected chi connectivity index (χ2v) is 5.88. The number of nitrogens with zero attached hydrogens (tertiary/aromatic N) is 1. The van der Waals surface area contributed by atoms with Crippen molar-refractivity contribution >= 4 is 11.9 Å². The van der Waals surface area contributed by atoms with Gasteiger partial charge in [0.25, 0.3) is 0 Å². The van der Waals surface area contributed by atoms with Crippen LogP contribution in [0, 0.1) is 0 Å². The van der Waals surface area contributed by atoms with E-state index in [0.717, 1.165) is 24.8 Å². The molecule has 0 bridgehead atoms. The van der Waals surface area contributed by atoms with Crippen molar-refractivity contribution < 1.29 is 19.4 Å². The zero-order chi connectivity index (χ0) is 14.9. The SMILES string of the molecule is O=C(O)C1CN(C(=O)Cc2ccccc2)C2(CCC2)CO1. The fourth-order valence-corrected chi connectivity index (χ4v) is 3.13. The Hall–Kier alpha value is -1.88. The minimum Gasteiger partial charge on any atom is -0.479 e. The molecule has 0 radical (unpaired) electrons. The summed E-state index contributed by atoms with van der Waals surface area (Å²) in [5.74, 6) is -1.00. The number of carboxylic acid groups (broad SMARTS) is 1. The number of morpholine rings is 1. The molecule has 112 valence electrons. The van der Waals surface area contributed by atoms with E-state index in [2.05, 4.69) is 0 Å². The lowest BCUT2D eigenvalue weighted by molar-refractivity contribution is -0.183. The highest BCUT2D eigenvalue weighted by Gasteiger charge is 2.50. The van der Waals surface area contributed by atoms with E-state index in [9.17, 15) is 9.59 Å². The summed E-state index contributed by atoms with van der Waals surface area (Å²) >= 11 is 0. The van der Waals surface area contributed by atoms with Crippen LogP contribution in [0.15, 0.2) is 30.3 Å². The van der Waals surface area contributed by atoms with Gasteiger partial charge in [0.15, 0.2) is 6.10 Å². The number of rotatable bonds is 3. The van der Waals surface area contributed by atoms with Crippen LogP contribution in [0.5, 0.6) is 0 Å². The van der Waals surface area contributed by atoms with Crippen LogP contribution in [0.2, 0.25) is 0 Å². The van der Waals surface area contributed by atoms with E-state index in [4.69, 9.17) is 9.84 Å². The van der Waals surface area contributed by atoms with Crippen molar-refractivity contribution in [1.82, 2.24) is 4.90 Å². The molecule has 1 saturated heterocycles. The molecule has 1 aliphatic heterocycles. The van der Waals surface area contributed by atoms with Gasteiger partial charge in [0, 0.05) is 0 Å². The third-order valence-corrected chi connectivity index (χ3v) is 4.53. The molecule has 1 aromatic rings. The Morgan fingerprint density at radius 3 is 2.57 bits per heavy atom. The van der Waals surface area contributed by atoms with Crippen LogP contribution in [0.4, 0.5) is 0 Å². The highest BCUT2D eigenvalue weighted by atomic mass is 16.5. The molecule has 1 N–H and O–H groups in total. The van der Waals surface area contributed by atoms with Gasteiger partial charge in [-0.1, -0.05) is 30.3 Å². The Balaban J connectivity index is 1.75. The summed E-state index contributed by atoms with van der Waals surface area (Å²) in [7, 11) is 0. The molecule has 5 heteroatoms. The number of amides is 1. The minimum atomic E-state index is -0.998. The van der Waals surface area contributed by atoms with E-state index in [-0.39, 0.29) is 18.0 Å². The third-order valence-electron chi connectivity index (χ3n) is 4.53. The fraction of sp³-hybridized carbons (Fsp3) is 0.500. The first-order valence-corrected chi connectivity index (χ1v) is 7.30. The average molecular weight is 289 g/mol. The largest absolute Gasteiger partial charge is 0.479 e. The Kier molecular flexibility index (Phi) is 3.68. The van der Waals surface area contributed by atoms with Gasteiger partial charge in [0.1, 0.15) is 0 Å². The monoisotopic (exact) mass is 289 g/mol. The maximum atomic E-state index is 12.6. The van der Waals surface area contributed by atoms with Gasteiger partial charge in [-0.05, 0) is 24.8 Å². The van der Waals surface area contributed by atoms with Crippen molar-refractivity contribution in [3.63, 3.8) is 0 Å². The van der Waals surface area contributed by atoms with Crippen LogP contribution in [-0.4, -0.2) is 46.7 Å². The fourth-order valence-electron chi connectivity index (χ4n) is 3.13. The molecule has 2 fully saturated rings. The van der Waals surface area contributed by atoms with Crippen molar-refractivity contribution in [3.05, 3.63) is 35.9 Å². The standard InChI is InChI=1S/C16H19NO4/c18-14(9-12-5-2-1-3-6-12)17-10-13(15(19)20)21-11-16(17)7-4-8-16/h1-3,5-6,13H,4,7-11H2,(H,19,20). The molecule has 1 aromatic carbocycles. The molecule has 1 unspecified atom stereocenters. The molecular formula is C16H19NO4. The van der Waals surface area contributed by atoms with Gasteiger partial charge in [-0.15, -0.1) is 0 Å². The first-order valence-electron chi connectivity index (χ1n) is 7.30. The van der Waals surface area contributed by atoms with Crippen LogP contribution in [-0.2, 0) is 20.7 Å².